The molecule has 1 aromatic carbocycles. The summed E-state index contributed by atoms with van der Waals surface area (Å²) in [6, 6.07) is 7.64. The van der Waals surface area contributed by atoms with Gasteiger partial charge in [0.15, 0.2) is 0 Å². The van der Waals surface area contributed by atoms with Gasteiger partial charge in [-0.05, 0) is 44.6 Å². The maximum Gasteiger partial charge on any atom is 0.0638 e. The number of benzene rings is 1. The Morgan fingerprint density at radius 3 is 2.76 bits per heavy atom. The van der Waals surface area contributed by atoms with Crippen LogP contribution in [0.2, 0.25) is 5.02 Å². The molecule has 3 nitrogen and oxygen atoms in total. The molecule has 0 bridgehead atoms. The van der Waals surface area contributed by atoms with Crippen molar-refractivity contribution in [1.82, 2.24) is 4.90 Å². The van der Waals surface area contributed by atoms with E-state index in [1.165, 1.54) is 0 Å². The van der Waals surface area contributed by atoms with Crippen molar-refractivity contribution in [2.45, 2.75) is 25.5 Å². The molecule has 0 saturated heterocycles. The first-order valence-electron chi connectivity index (χ1n) is 5.86. The van der Waals surface area contributed by atoms with E-state index in [-0.39, 0.29) is 12.1 Å². The molecule has 17 heavy (non-hydrogen) atoms. The van der Waals surface area contributed by atoms with E-state index in [1.807, 2.05) is 31.3 Å². The number of nitrogens with two attached hydrogens (primary N) is 1. The lowest BCUT2D eigenvalue weighted by Crippen LogP contribution is -2.30. The highest BCUT2D eigenvalue weighted by Gasteiger charge is 2.09. The van der Waals surface area contributed by atoms with Gasteiger partial charge in [-0.3, -0.25) is 0 Å². The van der Waals surface area contributed by atoms with Gasteiger partial charge in [0.25, 0.3) is 0 Å². The number of hydrogen-bond acceptors (Lipinski definition) is 3. The van der Waals surface area contributed by atoms with Crippen molar-refractivity contribution in [2.24, 2.45) is 5.73 Å². The number of rotatable bonds is 6. The molecule has 0 aliphatic heterocycles. The Labute approximate surface area is 108 Å². The van der Waals surface area contributed by atoms with E-state index in [2.05, 4.69) is 4.90 Å². The van der Waals surface area contributed by atoms with Crippen molar-refractivity contribution in [2.75, 3.05) is 20.1 Å². The summed E-state index contributed by atoms with van der Waals surface area (Å²) < 4.78 is 0. The molecule has 0 heterocycles. The molecular weight excluding hydrogens is 236 g/mol. The molecule has 0 radical (unpaired) electrons. The van der Waals surface area contributed by atoms with Crippen molar-refractivity contribution in [3.8, 4) is 0 Å². The Bertz CT molecular complexity index is 344. The van der Waals surface area contributed by atoms with Crippen molar-refractivity contribution in [3.05, 3.63) is 34.9 Å². The summed E-state index contributed by atoms with van der Waals surface area (Å²) in [6.07, 6.45) is 0.547. The molecule has 2 unspecified atom stereocenters. The molecule has 1 rings (SSSR count). The highest BCUT2D eigenvalue weighted by atomic mass is 35.5. The zero-order valence-electron chi connectivity index (χ0n) is 10.4. The van der Waals surface area contributed by atoms with Crippen molar-refractivity contribution >= 4 is 11.6 Å². The number of aliphatic hydroxyl groups excluding tert-OH is 1. The van der Waals surface area contributed by atoms with E-state index in [9.17, 15) is 5.11 Å². The Morgan fingerprint density at radius 2 is 2.18 bits per heavy atom. The van der Waals surface area contributed by atoms with E-state index in [1.54, 1.807) is 6.92 Å². The Morgan fingerprint density at radius 1 is 1.47 bits per heavy atom. The van der Waals surface area contributed by atoms with Crippen LogP contribution in [0, 0.1) is 0 Å². The lowest BCUT2D eigenvalue weighted by molar-refractivity contribution is 0.139. The standard InChI is InChI=1S/C13H21ClN2O/c1-10(17)9-16(2)7-6-13(15)11-4-3-5-12(14)8-11/h3-5,8,10,13,17H,6-7,9,15H2,1-2H3. The monoisotopic (exact) mass is 256 g/mol. The van der Waals surface area contributed by atoms with Gasteiger partial charge in [-0.25, -0.2) is 0 Å². The van der Waals surface area contributed by atoms with Crippen LogP contribution < -0.4 is 5.73 Å². The van der Waals surface area contributed by atoms with E-state index in [4.69, 9.17) is 17.3 Å². The smallest absolute Gasteiger partial charge is 0.0638 e. The highest BCUT2D eigenvalue weighted by Crippen LogP contribution is 2.18. The Kier molecular flexibility index (Phi) is 5.92. The van der Waals surface area contributed by atoms with Crippen molar-refractivity contribution in [3.63, 3.8) is 0 Å². The molecule has 0 fully saturated rings. The van der Waals surface area contributed by atoms with Gasteiger partial charge < -0.3 is 15.7 Å². The van der Waals surface area contributed by atoms with Gasteiger partial charge in [-0.15, -0.1) is 0 Å². The summed E-state index contributed by atoms with van der Waals surface area (Å²) in [5.74, 6) is 0. The average Bonchev–Trinajstić information content (AvgIpc) is 2.25. The zero-order valence-corrected chi connectivity index (χ0v) is 11.2. The van der Waals surface area contributed by atoms with Gasteiger partial charge in [0.1, 0.15) is 0 Å². The fourth-order valence-electron chi connectivity index (χ4n) is 1.81. The number of halogens is 1. The minimum absolute atomic E-state index is 0.00912. The maximum absolute atomic E-state index is 9.25. The third-order valence-electron chi connectivity index (χ3n) is 2.67. The quantitative estimate of drug-likeness (QED) is 0.819. The summed E-state index contributed by atoms with van der Waals surface area (Å²) in [5.41, 5.74) is 7.15. The fraction of sp³-hybridized carbons (Fsp3) is 0.538. The highest BCUT2D eigenvalue weighted by molar-refractivity contribution is 6.30. The van der Waals surface area contributed by atoms with Crippen LogP contribution >= 0.6 is 11.6 Å². The second kappa shape index (κ2) is 6.97. The first-order chi connectivity index (χ1) is 7.99. The molecular formula is C13H21ClN2O. The second-order valence-corrected chi connectivity index (χ2v) is 5.00. The van der Waals surface area contributed by atoms with Crippen LogP contribution in [0.1, 0.15) is 24.9 Å². The van der Waals surface area contributed by atoms with E-state index in [0.29, 0.717) is 6.54 Å². The molecule has 0 spiro atoms. The van der Waals surface area contributed by atoms with Gasteiger partial charge in [0.2, 0.25) is 0 Å². The SMILES string of the molecule is CC(O)CN(C)CCC(N)c1cccc(Cl)c1. The lowest BCUT2D eigenvalue weighted by Gasteiger charge is -2.20. The molecule has 0 saturated carbocycles. The molecule has 0 amide bonds. The molecule has 0 aliphatic carbocycles. The van der Waals surface area contributed by atoms with Gasteiger partial charge in [-0.1, -0.05) is 23.7 Å². The van der Waals surface area contributed by atoms with Crippen LogP contribution in [0.5, 0.6) is 0 Å². The largest absolute Gasteiger partial charge is 0.392 e. The number of likely N-dealkylation sites (N-methyl/N-ethyl adjacent to an activating group) is 1. The average molecular weight is 257 g/mol. The number of hydrogen-bond donors (Lipinski definition) is 2. The van der Waals surface area contributed by atoms with Gasteiger partial charge in [0.05, 0.1) is 6.10 Å². The summed E-state index contributed by atoms with van der Waals surface area (Å²) in [4.78, 5) is 2.08. The molecule has 96 valence electrons. The van der Waals surface area contributed by atoms with Crippen LogP contribution in [0.4, 0.5) is 0 Å². The Hall–Kier alpha value is -0.610. The van der Waals surface area contributed by atoms with Gasteiger partial charge in [0, 0.05) is 17.6 Å². The summed E-state index contributed by atoms with van der Waals surface area (Å²) >= 11 is 5.92. The summed E-state index contributed by atoms with van der Waals surface area (Å²) in [5, 5.41) is 9.97. The minimum Gasteiger partial charge on any atom is -0.392 e. The normalized spacial score (nSPS) is 14.9. The summed E-state index contributed by atoms with van der Waals surface area (Å²) in [7, 11) is 1.98. The Balaban J connectivity index is 2.42. The first-order valence-corrected chi connectivity index (χ1v) is 6.24. The topological polar surface area (TPSA) is 49.5 Å². The first kappa shape index (κ1) is 14.5. The van der Waals surface area contributed by atoms with E-state index < -0.39 is 0 Å². The van der Waals surface area contributed by atoms with Gasteiger partial charge >= 0.3 is 0 Å². The fourth-order valence-corrected chi connectivity index (χ4v) is 2.00. The van der Waals surface area contributed by atoms with Crippen molar-refractivity contribution in [1.29, 1.82) is 0 Å². The predicted molar refractivity (Wildman–Crippen MR) is 72.2 cm³/mol. The lowest BCUT2D eigenvalue weighted by atomic mass is 10.0. The molecule has 0 aliphatic rings. The van der Waals surface area contributed by atoms with Crippen LogP contribution in [0.25, 0.3) is 0 Å². The van der Waals surface area contributed by atoms with Gasteiger partial charge in [-0.2, -0.15) is 0 Å². The van der Waals surface area contributed by atoms with Crippen LogP contribution in [0.3, 0.4) is 0 Å². The predicted octanol–water partition coefficient (Wildman–Crippen LogP) is 2.04. The third kappa shape index (κ3) is 5.50. The number of nitrogens with zero attached hydrogens (tertiary/aromatic N) is 1. The van der Waals surface area contributed by atoms with Crippen LogP contribution in [0.15, 0.2) is 24.3 Å². The molecule has 4 heteroatoms. The van der Waals surface area contributed by atoms with Crippen LogP contribution in [-0.4, -0.2) is 36.2 Å². The summed E-state index contributed by atoms with van der Waals surface area (Å²) in [6.45, 7) is 3.31. The molecule has 3 N–H and O–H groups in total. The molecule has 1 aromatic rings. The molecule has 0 aromatic heterocycles. The maximum atomic E-state index is 9.25. The minimum atomic E-state index is -0.303. The third-order valence-corrected chi connectivity index (χ3v) is 2.91. The zero-order chi connectivity index (χ0) is 12.8. The van der Waals surface area contributed by atoms with Crippen molar-refractivity contribution < 1.29 is 5.11 Å². The van der Waals surface area contributed by atoms with Crippen LogP contribution in [-0.2, 0) is 0 Å². The molecule has 2 atom stereocenters. The van der Waals surface area contributed by atoms with E-state index in [0.717, 1.165) is 23.6 Å². The second-order valence-electron chi connectivity index (χ2n) is 4.56. The number of aliphatic hydroxyl groups is 1. The van der Waals surface area contributed by atoms with E-state index >= 15 is 0 Å².